The molecule has 0 bridgehead atoms. The molecule has 2 rings (SSSR count). The molecule has 0 spiro atoms. The maximum atomic E-state index is 12.1. The van der Waals surface area contributed by atoms with Crippen molar-refractivity contribution in [3.63, 3.8) is 0 Å². The van der Waals surface area contributed by atoms with Crippen LogP contribution in [0, 0.1) is 5.41 Å². The largest absolute Gasteiger partial charge is 0.316 e. The summed E-state index contributed by atoms with van der Waals surface area (Å²) in [6.07, 6.45) is 2.79. The van der Waals surface area contributed by atoms with Crippen LogP contribution in [0.2, 0.25) is 0 Å². The number of sulfonamides is 1. The highest BCUT2D eigenvalue weighted by Gasteiger charge is 2.28. The Hall–Kier alpha value is -0.910. The highest BCUT2D eigenvalue weighted by Crippen LogP contribution is 2.24. The summed E-state index contributed by atoms with van der Waals surface area (Å²) >= 11 is 0. The lowest BCUT2D eigenvalue weighted by Gasteiger charge is -2.30. The van der Waals surface area contributed by atoms with E-state index in [1.807, 2.05) is 19.2 Å². The van der Waals surface area contributed by atoms with Gasteiger partial charge in [-0.15, -0.1) is 0 Å². The minimum absolute atomic E-state index is 0.143. The van der Waals surface area contributed by atoms with Gasteiger partial charge in [-0.05, 0) is 49.4 Å². The van der Waals surface area contributed by atoms with Crippen LogP contribution in [0.25, 0.3) is 0 Å². The van der Waals surface area contributed by atoms with Gasteiger partial charge in [0.1, 0.15) is 0 Å². The fourth-order valence-corrected chi connectivity index (χ4v) is 3.68. The summed E-state index contributed by atoms with van der Waals surface area (Å²) < 4.78 is 26.9. The SMILES string of the molecule is CNC(Cc1ccc(S(=O)(=O)NC2CC2)cc1)C(C)(C)C. The van der Waals surface area contributed by atoms with E-state index in [4.69, 9.17) is 0 Å². The van der Waals surface area contributed by atoms with E-state index in [0.29, 0.717) is 10.9 Å². The molecule has 1 aliphatic rings. The summed E-state index contributed by atoms with van der Waals surface area (Å²) in [5, 5.41) is 3.34. The van der Waals surface area contributed by atoms with E-state index in [-0.39, 0.29) is 11.5 Å². The molecular weight excluding hydrogens is 284 g/mol. The predicted octanol–water partition coefficient (Wildman–Crippen LogP) is 2.30. The van der Waals surface area contributed by atoms with Gasteiger partial charge in [-0.3, -0.25) is 0 Å². The fourth-order valence-electron chi connectivity index (χ4n) is 2.37. The standard InChI is InChI=1S/C16H26N2O2S/c1-16(2,3)15(17-4)11-12-5-9-14(10-6-12)21(19,20)18-13-7-8-13/h5-6,9-10,13,15,17-18H,7-8,11H2,1-4H3. The van der Waals surface area contributed by atoms with Crippen LogP contribution < -0.4 is 10.0 Å². The number of hydrogen-bond donors (Lipinski definition) is 2. The quantitative estimate of drug-likeness (QED) is 0.847. The molecule has 0 radical (unpaired) electrons. The van der Waals surface area contributed by atoms with Gasteiger partial charge < -0.3 is 5.32 Å². The van der Waals surface area contributed by atoms with E-state index < -0.39 is 10.0 Å². The van der Waals surface area contributed by atoms with Gasteiger partial charge in [0.25, 0.3) is 0 Å². The Morgan fingerprint density at radius 3 is 2.19 bits per heavy atom. The second kappa shape index (κ2) is 6.07. The Balaban J connectivity index is 2.08. The van der Waals surface area contributed by atoms with Crippen molar-refractivity contribution in [3.8, 4) is 0 Å². The molecule has 0 aromatic heterocycles. The molecule has 0 heterocycles. The molecule has 1 fully saturated rings. The second-order valence-corrected chi connectivity index (χ2v) is 8.66. The Labute approximate surface area is 128 Å². The molecule has 0 aliphatic heterocycles. The zero-order valence-electron chi connectivity index (χ0n) is 13.3. The number of benzene rings is 1. The van der Waals surface area contributed by atoms with Crippen molar-refractivity contribution in [2.24, 2.45) is 5.41 Å². The Morgan fingerprint density at radius 1 is 1.19 bits per heavy atom. The van der Waals surface area contributed by atoms with Crippen molar-refractivity contribution in [1.82, 2.24) is 10.0 Å². The minimum atomic E-state index is -3.34. The van der Waals surface area contributed by atoms with Crippen LogP contribution in [-0.4, -0.2) is 27.5 Å². The van der Waals surface area contributed by atoms with Crippen LogP contribution >= 0.6 is 0 Å². The summed E-state index contributed by atoms with van der Waals surface area (Å²) in [4.78, 5) is 0.356. The fraction of sp³-hybridized carbons (Fsp3) is 0.625. The monoisotopic (exact) mass is 310 g/mol. The van der Waals surface area contributed by atoms with Gasteiger partial charge in [0.15, 0.2) is 0 Å². The van der Waals surface area contributed by atoms with Crippen molar-refractivity contribution in [1.29, 1.82) is 0 Å². The first kappa shape index (κ1) is 16.5. The number of likely N-dealkylation sites (N-methyl/N-ethyl adjacent to an activating group) is 1. The van der Waals surface area contributed by atoms with Crippen molar-refractivity contribution in [3.05, 3.63) is 29.8 Å². The zero-order valence-corrected chi connectivity index (χ0v) is 14.1. The van der Waals surface area contributed by atoms with Gasteiger partial charge >= 0.3 is 0 Å². The maximum Gasteiger partial charge on any atom is 0.240 e. The lowest BCUT2D eigenvalue weighted by Crippen LogP contribution is -2.39. The smallest absolute Gasteiger partial charge is 0.240 e. The third-order valence-corrected chi connectivity index (χ3v) is 5.50. The summed E-state index contributed by atoms with van der Waals surface area (Å²) in [6, 6.07) is 7.73. The maximum absolute atomic E-state index is 12.1. The van der Waals surface area contributed by atoms with Gasteiger partial charge in [0.2, 0.25) is 10.0 Å². The second-order valence-electron chi connectivity index (χ2n) is 6.95. The predicted molar refractivity (Wildman–Crippen MR) is 85.8 cm³/mol. The molecule has 21 heavy (non-hydrogen) atoms. The lowest BCUT2D eigenvalue weighted by molar-refractivity contribution is 0.280. The molecule has 1 aliphatic carbocycles. The Kier molecular flexibility index (Phi) is 4.76. The van der Waals surface area contributed by atoms with Gasteiger partial charge in [-0.1, -0.05) is 32.9 Å². The summed E-state index contributed by atoms with van der Waals surface area (Å²) in [5.41, 5.74) is 1.31. The summed E-state index contributed by atoms with van der Waals surface area (Å²) in [5.74, 6) is 0. The van der Waals surface area contributed by atoms with Gasteiger partial charge in [-0.2, -0.15) is 0 Å². The molecule has 0 amide bonds. The van der Waals surface area contributed by atoms with Crippen LogP contribution in [0.15, 0.2) is 29.2 Å². The van der Waals surface area contributed by atoms with Crippen molar-refractivity contribution < 1.29 is 8.42 Å². The van der Waals surface area contributed by atoms with Crippen LogP contribution in [0.3, 0.4) is 0 Å². The van der Waals surface area contributed by atoms with Crippen LogP contribution in [0.5, 0.6) is 0 Å². The molecule has 1 unspecified atom stereocenters. The first-order valence-electron chi connectivity index (χ1n) is 7.51. The summed E-state index contributed by atoms with van der Waals surface area (Å²) in [7, 11) is -1.38. The number of hydrogen-bond acceptors (Lipinski definition) is 3. The van der Waals surface area contributed by atoms with E-state index >= 15 is 0 Å². The molecule has 118 valence electrons. The highest BCUT2D eigenvalue weighted by atomic mass is 32.2. The van der Waals surface area contributed by atoms with Gasteiger partial charge in [-0.25, -0.2) is 13.1 Å². The average Bonchev–Trinajstić information content (AvgIpc) is 3.18. The first-order chi connectivity index (χ1) is 9.72. The van der Waals surface area contributed by atoms with Crippen LogP contribution in [0.4, 0.5) is 0 Å². The average molecular weight is 310 g/mol. The lowest BCUT2D eigenvalue weighted by atomic mass is 9.83. The van der Waals surface area contributed by atoms with Gasteiger partial charge in [0, 0.05) is 12.1 Å². The highest BCUT2D eigenvalue weighted by molar-refractivity contribution is 7.89. The first-order valence-corrected chi connectivity index (χ1v) is 8.99. The van der Waals surface area contributed by atoms with Crippen molar-refractivity contribution in [2.45, 2.75) is 57.0 Å². The van der Waals surface area contributed by atoms with Crippen LogP contribution in [0.1, 0.15) is 39.2 Å². The number of nitrogens with one attached hydrogen (secondary N) is 2. The molecule has 1 aromatic rings. The molecule has 1 saturated carbocycles. The minimum Gasteiger partial charge on any atom is -0.316 e. The van der Waals surface area contributed by atoms with E-state index in [9.17, 15) is 8.42 Å². The summed E-state index contributed by atoms with van der Waals surface area (Å²) in [6.45, 7) is 6.60. The topological polar surface area (TPSA) is 58.2 Å². The Bertz CT molecular complexity index is 569. The van der Waals surface area contributed by atoms with Crippen LogP contribution in [-0.2, 0) is 16.4 Å². The van der Waals surface area contributed by atoms with Crippen molar-refractivity contribution >= 4 is 10.0 Å². The number of rotatable bonds is 6. The third-order valence-electron chi connectivity index (χ3n) is 3.97. The van der Waals surface area contributed by atoms with E-state index in [2.05, 4.69) is 30.8 Å². The molecule has 2 N–H and O–H groups in total. The Morgan fingerprint density at radius 2 is 1.76 bits per heavy atom. The zero-order chi connectivity index (χ0) is 15.7. The normalized spacial score (nSPS) is 17.7. The van der Waals surface area contributed by atoms with Crippen molar-refractivity contribution in [2.75, 3.05) is 7.05 Å². The molecule has 1 aromatic carbocycles. The van der Waals surface area contributed by atoms with E-state index in [1.165, 1.54) is 0 Å². The molecule has 1 atom stereocenters. The molecule has 0 saturated heterocycles. The van der Waals surface area contributed by atoms with E-state index in [1.54, 1.807) is 12.1 Å². The molecular formula is C16H26N2O2S. The third kappa shape index (κ3) is 4.53. The van der Waals surface area contributed by atoms with Gasteiger partial charge in [0.05, 0.1) is 4.90 Å². The van der Waals surface area contributed by atoms with E-state index in [0.717, 1.165) is 24.8 Å². The molecule has 4 nitrogen and oxygen atoms in total. The molecule has 5 heteroatoms.